The smallest absolute Gasteiger partial charge is 0.351 e. The van der Waals surface area contributed by atoms with Gasteiger partial charge in [-0.2, -0.15) is 4.98 Å². The van der Waals surface area contributed by atoms with Gasteiger partial charge in [0.15, 0.2) is 18.8 Å². The highest BCUT2D eigenvalue weighted by Gasteiger charge is 2.65. The maximum Gasteiger partial charge on any atom is 0.351 e. The Morgan fingerprint density at radius 2 is 1.42 bits per heavy atom. The van der Waals surface area contributed by atoms with E-state index >= 15 is 0 Å². The van der Waals surface area contributed by atoms with E-state index in [2.05, 4.69) is 4.98 Å². The van der Waals surface area contributed by atoms with Gasteiger partial charge in [0.1, 0.15) is 30.2 Å². The van der Waals surface area contributed by atoms with Gasteiger partial charge >= 0.3 is 22.8 Å². The second-order valence-corrected chi connectivity index (χ2v) is 22.5. The third-order valence-corrected chi connectivity index (χ3v) is 19.7. The molecule has 2 amide bonds. The SMILES string of the molecule is CC(=O)C1O[Si](C(C)C)(C(C)C)O[Si](C(C)C)(C(C)C)O[C@H]2[C@@H](OCON3C(=O)c4ccccc4C3=O)[C@H](n3ccc(N)nc3=O)O[C@@H]12. The lowest BCUT2D eigenvalue weighted by atomic mass is 10.0. The summed E-state index contributed by atoms with van der Waals surface area (Å²) in [4.78, 5) is 62.1. The molecule has 2 N–H and O–H groups in total. The summed E-state index contributed by atoms with van der Waals surface area (Å²) < 4.78 is 35.6. The van der Waals surface area contributed by atoms with Crippen LogP contribution in [-0.4, -0.2) is 80.5 Å². The van der Waals surface area contributed by atoms with Crippen molar-refractivity contribution < 1.29 is 41.7 Å². The van der Waals surface area contributed by atoms with Crippen LogP contribution < -0.4 is 11.4 Å². The van der Waals surface area contributed by atoms with Crippen LogP contribution in [0.2, 0.25) is 22.2 Å². The number of hydrogen-bond acceptors (Lipinski definition) is 12. The van der Waals surface area contributed by atoms with Crippen LogP contribution >= 0.6 is 0 Å². The number of aromatic nitrogens is 2. The maximum absolute atomic E-state index is 13.5. The minimum absolute atomic E-state index is 0.0111. The number of Topliss-reactive ketones (excluding diaryl/α,β-unsaturated/α-hetero) is 1. The highest BCUT2D eigenvalue weighted by molar-refractivity contribution is 6.84. The van der Waals surface area contributed by atoms with Crippen molar-refractivity contribution in [2.24, 2.45) is 0 Å². The Morgan fingerprint density at radius 1 is 0.875 bits per heavy atom. The standard InChI is InChI=1S/C32H46N4O10Si2/c1-17(2)47(18(3)4)44-25(21(9)37)26-27(45-48(46-47,19(5)6)20(7)8)28(31(43-26)35-15-14-24(33)34-32(35)40)41-16-42-36-29(38)22-12-10-11-13-23(22)30(36)39/h10-15,17-20,25-28,31H,16H2,1-9H3,(H2,33,34,40)/t25?,26-,27+,28+,31+/m0/s1. The molecule has 0 radical (unpaired) electrons. The normalized spacial score (nSPS) is 26.7. The molecule has 1 aromatic heterocycles. The third kappa shape index (κ3) is 6.13. The van der Waals surface area contributed by atoms with Crippen molar-refractivity contribution in [3.8, 4) is 0 Å². The topological polar surface area (TPSA) is 171 Å². The molecule has 14 nitrogen and oxygen atoms in total. The molecular formula is C32H46N4O10Si2. The van der Waals surface area contributed by atoms with E-state index in [0.29, 0.717) is 5.06 Å². The van der Waals surface area contributed by atoms with Crippen molar-refractivity contribution >= 4 is 40.5 Å². The molecule has 5 atom stereocenters. The van der Waals surface area contributed by atoms with Crippen molar-refractivity contribution in [3.63, 3.8) is 0 Å². The lowest BCUT2D eigenvalue weighted by molar-refractivity contribution is -0.205. The fourth-order valence-corrected chi connectivity index (χ4v) is 18.2. The van der Waals surface area contributed by atoms with Gasteiger partial charge in [0.2, 0.25) is 0 Å². The summed E-state index contributed by atoms with van der Waals surface area (Å²) in [6.07, 6.45) is -4.02. The number of rotatable bonds is 10. The molecule has 3 aliphatic heterocycles. The van der Waals surface area contributed by atoms with Gasteiger partial charge in [-0.05, 0) is 47.3 Å². The molecule has 48 heavy (non-hydrogen) atoms. The Kier molecular flexibility index (Phi) is 10.3. The van der Waals surface area contributed by atoms with Crippen LogP contribution in [0, 0.1) is 0 Å². The monoisotopic (exact) mass is 702 g/mol. The molecule has 16 heteroatoms. The number of ketones is 1. The number of nitrogens with zero attached hydrogens (tertiary/aromatic N) is 3. The second kappa shape index (κ2) is 13.7. The van der Waals surface area contributed by atoms with Gasteiger partial charge in [-0.25, -0.2) is 9.63 Å². The van der Waals surface area contributed by atoms with E-state index in [4.69, 9.17) is 33.0 Å². The van der Waals surface area contributed by atoms with Crippen LogP contribution in [0.3, 0.4) is 0 Å². The number of carbonyl (C=O) groups is 3. The summed E-state index contributed by atoms with van der Waals surface area (Å²) in [5.74, 6) is -1.56. The first-order valence-electron chi connectivity index (χ1n) is 16.3. The van der Waals surface area contributed by atoms with Crippen LogP contribution in [0.4, 0.5) is 5.82 Å². The Hall–Kier alpha value is -3.10. The quantitative estimate of drug-likeness (QED) is 0.213. The molecule has 262 valence electrons. The van der Waals surface area contributed by atoms with E-state index in [1.54, 1.807) is 12.1 Å². The number of ether oxygens (including phenoxy) is 2. The average molecular weight is 703 g/mol. The number of hydroxylamine groups is 2. The molecule has 2 saturated heterocycles. The fraction of sp³-hybridized carbons (Fsp3) is 0.594. The van der Waals surface area contributed by atoms with E-state index < -0.39 is 72.1 Å². The molecule has 0 spiro atoms. The molecule has 1 unspecified atom stereocenters. The number of anilines is 1. The molecule has 3 aliphatic rings. The first-order valence-corrected chi connectivity index (χ1v) is 20.3. The zero-order valence-electron chi connectivity index (χ0n) is 28.9. The minimum Gasteiger partial charge on any atom is -0.414 e. The highest BCUT2D eigenvalue weighted by atomic mass is 28.5. The molecule has 5 rings (SSSR count). The first-order chi connectivity index (χ1) is 22.6. The van der Waals surface area contributed by atoms with Crippen molar-refractivity contribution in [1.82, 2.24) is 14.6 Å². The Labute approximate surface area is 282 Å². The van der Waals surface area contributed by atoms with E-state index in [1.807, 2.05) is 55.4 Å². The number of carbonyl (C=O) groups excluding carboxylic acids is 3. The Balaban J connectivity index is 1.59. The molecule has 0 bridgehead atoms. The van der Waals surface area contributed by atoms with Gasteiger partial charge in [0.25, 0.3) is 11.8 Å². The van der Waals surface area contributed by atoms with Gasteiger partial charge in [0, 0.05) is 6.20 Å². The molecular weight excluding hydrogens is 657 g/mol. The highest BCUT2D eigenvalue weighted by Crippen LogP contribution is 2.50. The predicted octanol–water partition coefficient (Wildman–Crippen LogP) is 4.21. The van der Waals surface area contributed by atoms with Crippen molar-refractivity contribution in [2.75, 3.05) is 12.5 Å². The number of fused-ring (bicyclic) bond motifs is 2. The summed E-state index contributed by atoms with van der Waals surface area (Å²) >= 11 is 0. The maximum atomic E-state index is 13.5. The van der Waals surface area contributed by atoms with E-state index in [0.717, 1.165) is 0 Å². The second-order valence-electron chi connectivity index (χ2n) is 13.8. The predicted molar refractivity (Wildman–Crippen MR) is 178 cm³/mol. The van der Waals surface area contributed by atoms with Crippen LogP contribution in [0.1, 0.15) is 89.3 Å². The molecule has 2 aromatic rings. The lowest BCUT2D eigenvalue weighted by Gasteiger charge is -2.52. The minimum atomic E-state index is -3.27. The van der Waals surface area contributed by atoms with Crippen LogP contribution in [0.5, 0.6) is 0 Å². The fourth-order valence-electron chi connectivity index (χ4n) is 6.95. The lowest BCUT2D eigenvalue weighted by Crippen LogP contribution is -2.68. The number of nitrogens with two attached hydrogens (primary N) is 1. The number of nitrogen functional groups attached to an aromatic ring is 1. The van der Waals surface area contributed by atoms with Gasteiger partial charge in [-0.15, -0.1) is 5.06 Å². The largest absolute Gasteiger partial charge is 0.414 e. The molecule has 1 aromatic carbocycles. The summed E-state index contributed by atoms with van der Waals surface area (Å²) in [6, 6.07) is 7.82. The zero-order valence-corrected chi connectivity index (χ0v) is 30.9. The number of hydrogen-bond donors (Lipinski definition) is 1. The van der Waals surface area contributed by atoms with Gasteiger partial charge < -0.3 is 28.2 Å². The number of imide groups is 1. The van der Waals surface area contributed by atoms with E-state index in [9.17, 15) is 19.2 Å². The summed E-state index contributed by atoms with van der Waals surface area (Å²) in [5.41, 5.74) is 5.25. The third-order valence-electron chi connectivity index (χ3n) is 9.42. The number of benzene rings is 1. The van der Waals surface area contributed by atoms with Crippen LogP contribution in [-0.2, 0) is 32.1 Å². The molecule has 0 saturated carbocycles. The van der Waals surface area contributed by atoms with E-state index in [1.165, 1.54) is 35.9 Å². The van der Waals surface area contributed by atoms with Crippen LogP contribution in [0.15, 0.2) is 41.3 Å². The molecule has 4 heterocycles. The van der Waals surface area contributed by atoms with Crippen LogP contribution in [0.25, 0.3) is 0 Å². The average Bonchev–Trinajstić information content (AvgIpc) is 3.46. The van der Waals surface area contributed by atoms with Crippen molar-refractivity contribution in [2.45, 2.75) is 115 Å². The molecule has 2 fully saturated rings. The zero-order chi connectivity index (χ0) is 35.3. The summed E-state index contributed by atoms with van der Waals surface area (Å²) in [6.45, 7) is 17.2. The Morgan fingerprint density at radius 3 is 1.92 bits per heavy atom. The number of amides is 2. The van der Waals surface area contributed by atoms with Crippen molar-refractivity contribution in [1.29, 1.82) is 0 Å². The molecule has 0 aliphatic carbocycles. The first kappa shape index (κ1) is 36.2. The van der Waals surface area contributed by atoms with E-state index in [-0.39, 0.29) is 44.9 Å². The van der Waals surface area contributed by atoms with Gasteiger partial charge in [-0.1, -0.05) is 67.5 Å². The van der Waals surface area contributed by atoms with Gasteiger partial charge in [0.05, 0.1) is 11.1 Å². The summed E-state index contributed by atoms with van der Waals surface area (Å²) in [5, 5.41) is 0.639. The summed E-state index contributed by atoms with van der Waals surface area (Å²) in [7, 11) is -6.48. The van der Waals surface area contributed by atoms with Gasteiger partial charge in [-0.3, -0.25) is 19.0 Å². The Bertz CT molecular complexity index is 1560. The van der Waals surface area contributed by atoms with Crippen molar-refractivity contribution in [3.05, 3.63) is 58.1 Å².